The average molecular weight is 324 g/mol. The third kappa shape index (κ3) is 3.27. The highest BCUT2D eigenvalue weighted by Gasteiger charge is 2.14. The summed E-state index contributed by atoms with van der Waals surface area (Å²) in [6, 6.07) is 12.6. The summed E-state index contributed by atoms with van der Waals surface area (Å²) >= 11 is 0. The van der Waals surface area contributed by atoms with E-state index >= 15 is 0 Å². The van der Waals surface area contributed by atoms with Crippen LogP contribution in [0.2, 0.25) is 0 Å². The van der Waals surface area contributed by atoms with Crippen LogP contribution in [0, 0.1) is 6.92 Å². The number of nitrogens with zero attached hydrogens (tertiary/aromatic N) is 2. The van der Waals surface area contributed by atoms with Crippen LogP contribution in [0.3, 0.4) is 0 Å². The molecule has 0 aliphatic heterocycles. The van der Waals surface area contributed by atoms with Crippen molar-refractivity contribution in [3.8, 4) is 11.3 Å². The van der Waals surface area contributed by atoms with E-state index in [1.165, 1.54) is 10.6 Å². The van der Waals surface area contributed by atoms with Gasteiger partial charge in [-0.15, -0.1) is 0 Å². The monoisotopic (exact) mass is 324 g/mol. The van der Waals surface area contributed by atoms with Crippen LogP contribution in [0.25, 0.3) is 11.3 Å². The maximum absolute atomic E-state index is 12.0. The number of benzene rings is 1. The molecule has 2 aromatic heterocycles. The summed E-state index contributed by atoms with van der Waals surface area (Å²) in [5.41, 5.74) is 2.11. The molecule has 0 saturated heterocycles. The SMILES string of the molecule is Cc1ccc(-c2cc(COC(=O)c3cccn(C)c3=O)no2)cc1. The van der Waals surface area contributed by atoms with Crippen LogP contribution in [0.15, 0.2) is 58.0 Å². The summed E-state index contributed by atoms with van der Waals surface area (Å²) in [7, 11) is 1.57. The molecule has 0 atom stereocenters. The first-order valence-electron chi connectivity index (χ1n) is 7.40. The summed E-state index contributed by atoms with van der Waals surface area (Å²) in [5.74, 6) is -0.0900. The van der Waals surface area contributed by atoms with Crippen molar-refractivity contribution in [2.45, 2.75) is 13.5 Å². The zero-order chi connectivity index (χ0) is 17.1. The summed E-state index contributed by atoms with van der Waals surface area (Å²) in [4.78, 5) is 23.9. The van der Waals surface area contributed by atoms with E-state index in [0.717, 1.165) is 11.1 Å². The molecule has 0 spiro atoms. The van der Waals surface area contributed by atoms with Gasteiger partial charge in [0.25, 0.3) is 5.56 Å². The molecule has 6 heteroatoms. The van der Waals surface area contributed by atoms with Crippen LogP contribution in [0.5, 0.6) is 0 Å². The van der Waals surface area contributed by atoms with Crippen molar-refractivity contribution >= 4 is 5.97 Å². The lowest BCUT2D eigenvalue weighted by molar-refractivity contribution is 0.0461. The van der Waals surface area contributed by atoms with Crippen molar-refractivity contribution in [3.05, 3.63) is 75.8 Å². The molecule has 3 rings (SSSR count). The topological polar surface area (TPSA) is 74.3 Å². The summed E-state index contributed by atoms with van der Waals surface area (Å²) in [5, 5.41) is 3.89. The Morgan fingerprint density at radius 1 is 1.25 bits per heavy atom. The Labute approximate surface area is 138 Å². The average Bonchev–Trinajstić information content (AvgIpc) is 3.05. The van der Waals surface area contributed by atoms with Gasteiger partial charge in [0, 0.05) is 24.9 Å². The lowest BCUT2D eigenvalue weighted by atomic mass is 10.1. The number of carbonyl (C=O) groups is 1. The summed E-state index contributed by atoms with van der Waals surface area (Å²) in [6.07, 6.45) is 1.57. The highest BCUT2D eigenvalue weighted by molar-refractivity contribution is 5.88. The van der Waals surface area contributed by atoms with Crippen molar-refractivity contribution in [1.82, 2.24) is 9.72 Å². The van der Waals surface area contributed by atoms with Crippen LogP contribution in [0.1, 0.15) is 21.6 Å². The van der Waals surface area contributed by atoms with Crippen molar-refractivity contribution in [3.63, 3.8) is 0 Å². The van der Waals surface area contributed by atoms with Crippen LogP contribution in [-0.4, -0.2) is 15.7 Å². The van der Waals surface area contributed by atoms with E-state index in [1.807, 2.05) is 31.2 Å². The first kappa shape index (κ1) is 15.7. The molecule has 1 aromatic carbocycles. The second-order valence-corrected chi connectivity index (χ2v) is 5.46. The predicted molar refractivity (Wildman–Crippen MR) is 87.5 cm³/mol. The number of rotatable bonds is 4. The smallest absolute Gasteiger partial charge is 0.344 e. The van der Waals surface area contributed by atoms with Crippen LogP contribution in [-0.2, 0) is 18.4 Å². The molecule has 6 nitrogen and oxygen atoms in total. The number of aromatic nitrogens is 2. The fraction of sp³-hybridized carbons (Fsp3) is 0.167. The molecule has 3 aromatic rings. The molecule has 0 fully saturated rings. The lowest BCUT2D eigenvalue weighted by Crippen LogP contribution is -2.24. The van der Waals surface area contributed by atoms with Gasteiger partial charge >= 0.3 is 5.97 Å². The zero-order valence-corrected chi connectivity index (χ0v) is 13.4. The molecule has 0 unspecified atom stereocenters. The van der Waals surface area contributed by atoms with Crippen LogP contribution >= 0.6 is 0 Å². The molecule has 0 radical (unpaired) electrons. The Morgan fingerprint density at radius 2 is 2.00 bits per heavy atom. The number of aryl methyl sites for hydroxylation is 2. The fourth-order valence-corrected chi connectivity index (χ4v) is 2.20. The second-order valence-electron chi connectivity index (χ2n) is 5.46. The molecule has 24 heavy (non-hydrogen) atoms. The molecule has 0 amide bonds. The fourth-order valence-electron chi connectivity index (χ4n) is 2.20. The molecule has 0 bridgehead atoms. The Hall–Kier alpha value is -3.15. The number of pyridine rings is 1. The van der Waals surface area contributed by atoms with Crippen LogP contribution in [0.4, 0.5) is 0 Å². The summed E-state index contributed by atoms with van der Waals surface area (Å²) in [6.45, 7) is 1.94. The van der Waals surface area contributed by atoms with Gasteiger partial charge in [-0.3, -0.25) is 4.79 Å². The second kappa shape index (κ2) is 6.54. The predicted octanol–water partition coefficient (Wildman–Crippen LogP) is 2.71. The van der Waals surface area contributed by atoms with Gasteiger partial charge in [-0.2, -0.15) is 0 Å². The highest BCUT2D eigenvalue weighted by Crippen LogP contribution is 2.21. The molecular formula is C18H16N2O4. The van der Waals surface area contributed by atoms with Crippen LogP contribution < -0.4 is 5.56 Å². The number of hydrogen-bond acceptors (Lipinski definition) is 5. The molecule has 122 valence electrons. The Kier molecular flexibility index (Phi) is 4.29. The van der Waals surface area contributed by atoms with E-state index in [-0.39, 0.29) is 12.2 Å². The standard InChI is InChI=1S/C18H16N2O4/c1-12-5-7-13(8-6-12)16-10-14(19-24-16)11-23-18(22)15-4-3-9-20(2)17(15)21/h3-10H,11H2,1-2H3. The number of ether oxygens (including phenoxy) is 1. The van der Waals surface area contributed by atoms with Gasteiger partial charge in [-0.1, -0.05) is 35.0 Å². The quantitative estimate of drug-likeness (QED) is 0.690. The van der Waals surface area contributed by atoms with Gasteiger partial charge in [0.2, 0.25) is 0 Å². The van der Waals surface area contributed by atoms with E-state index in [0.29, 0.717) is 11.5 Å². The van der Waals surface area contributed by atoms with E-state index in [9.17, 15) is 9.59 Å². The van der Waals surface area contributed by atoms with Crippen molar-refractivity contribution < 1.29 is 14.1 Å². The normalized spacial score (nSPS) is 10.6. The molecule has 2 heterocycles. The zero-order valence-electron chi connectivity index (χ0n) is 13.4. The van der Waals surface area contributed by atoms with Crippen molar-refractivity contribution in [1.29, 1.82) is 0 Å². The molecular weight excluding hydrogens is 308 g/mol. The van der Waals surface area contributed by atoms with Gasteiger partial charge in [0.1, 0.15) is 17.9 Å². The highest BCUT2D eigenvalue weighted by atomic mass is 16.5. The third-order valence-electron chi connectivity index (χ3n) is 3.59. The lowest BCUT2D eigenvalue weighted by Gasteiger charge is -2.03. The largest absolute Gasteiger partial charge is 0.455 e. The summed E-state index contributed by atoms with van der Waals surface area (Å²) < 4.78 is 11.7. The minimum atomic E-state index is -0.684. The van der Waals surface area contributed by atoms with Gasteiger partial charge < -0.3 is 13.8 Å². The maximum Gasteiger partial charge on any atom is 0.344 e. The van der Waals surface area contributed by atoms with Gasteiger partial charge in [0.05, 0.1) is 0 Å². The van der Waals surface area contributed by atoms with E-state index in [1.54, 1.807) is 25.4 Å². The van der Waals surface area contributed by atoms with Crippen molar-refractivity contribution in [2.24, 2.45) is 7.05 Å². The molecule has 0 N–H and O–H groups in total. The van der Waals surface area contributed by atoms with E-state index < -0.39 is 11.5 Å². The minimum Gasteiger partial charge on any atom is -0.455 e. The van der Waals surface area contributed by atoms with E-state index in [4.69, 9.17) is 9.26 Å². The molecule has 0 saturated carbocycles. The number of hydrogen-bond donors (Lipinski definition) is 0. The number of carbonyl (C=O) groups excluding carboxylic acids is 1. The van der Waals surface area contributed by atoms with Crippen molar-refractivity contribution in [2.75, 3.05) is 0 Å². The molecule has 0 aliphatic carbocycles. The molecule has 0 aliphatic rings. The maximum atomic E-state index is 12.0. The Balaban J connectivity index is 1.69. The van der Waals surface area contributed by atoms with Gasteiger partial charge in [-0.25, -0.2) is 4.79 Å². The van der Waals surface area contributed by atoms with Gasteiger partial charge in [-0.05, 0) is 19.1 Å². The first-order valence-corrected chi connectivity index (χ1v) is 7.40. The number of esters is 1. The van der Waals surface area contributed by atoms with Gasteiger partial charge in [0.15, 0.2) is 5.76 Å². The van der Waals surface area contributed by atoms with E-state index in [2.05, 4.69) is 5.16 Å². The Bertz CT molecular complexity index is 923. The first-order chi connectivity index (χ1) is 11.5. The minimum absolute atomic E-state index is 0.0118. The Morgan fingerprint density at radius 3 is 2.75 bits per heavy atom. The third-order valence-corrected chi connectivity index (χ3v) is 3.59.